The summed E-state index contributed by atoms with van der Waals surface area (Å²) in [4.78, 5) is 14.9. The van der Waals surface area contributed by atoms with Gasteiger partial charge in [0, 0.05) is 23.8 Å². The number of carbonyl (C=O) groups is 1. The van der Waals surface area contributed by atoms with Gasteiger partial charge in [0.05, 0.1) is 0 Å². The fourth-order valence-corrected chi connectivity index (χ4v) is 5.30. The minimum atomic E-state index is 0.485. The third kappa shape index (κ3) is 2.96. The topological polar surface area (TPSA) is 20.3 Å². The van der Waals surface area contributed by atoms with E-state index in [1.165, 1.54) is 57.8 Å². The lowest BCUT2D eigenvalue weighted by molar-refractivity contribution is -0.136. The molecule has 0 radical (unpaired) electrons. The first kappa shape index (κ1) is 13.8. The van der Waals surface area contributed by atoms with E-state index in [9.17, 15) is 4.79 Å². The molecule has 1 saturated carbocycles. The lowest BCUT2D eigenvalue weighted by atomic mass is 9.86. The molecule has 3 aliphatic rings. The predicted molar refractivity (Wildman–Crippen MR) is 81.4 cm³/mol. The van der Waals surface area contributed by atoms with E-state index in [0.717, 1.165) is 11.7 Å². The highest BCUT2D eigenvalue weighted by Gasteiger charge is 2.43. The second kappa shape index (κ2) is 6.07. The lowest BCUT2D eigenvalue weighted by Crippen LogP contribution is -2.47. The summed E-state index contributed by atoms with van der Waals surface area (Å²) in [6, 6.07) is 1.15. The summed E-state index contributed by atoms with van der Waals surface area (Å²) in [6.07, 6.45) is 14.7. The zero-order chi connectivity index (χ0) is 13.2. The standard InChI is InChI=1S/C16H27NOS/c1-19-15-10-13-7-8-14(11-15)17(13)16(18)9-12-5-3-2-4-6-12/h12-15H,2-11H2,1H3. The van der Waals surface area contributed by atoms with Crippen LogP contribution in [0.2, 0.25) is 0 Å². The number of nitrogens with zero attached hydrogens (tertiary/aromatic N) is 1. The highest BCUT2D eigenvalue weighted by atomic mass is 32.2. The molecule has 3 fully saturated rings. The second-order valence-corrected chi connectivity index (χ2v) is 7.86. The van der Waals surface area contributed by atoms with Crippen LogP contribution < -0.4 is 0 Å². The van der Waals surface area contributed by atoms with Crippen molar-refractivity contribution >= 4 is 17.7 Å². The van der Waals surface area contributed by atoms with Crippen molar-refractivity contribution < 1.29 is 4.79 Å². The number of carbonyl (C=O) groups excluding carboxylic acids is 1. The summed E-state index contributed by atoms with van der Waals surface area (Å²) in [5, 5.41) is 0.802. The fourth-order valence-electron chi connectivity index (χ4n) is 4.47. The maximum absolute atomic E-state index is 12.6. The van der Waals surface area contributed by atoms with Crippen molar-refractivity contribution in [1.29, 1.82) is 0 Å². The molecule has 2 nitrogen and oxygen atoms in total. The van der Waals surface area contributed by atoms with E-state index in [2.05, 4.69) is 11.2 Å². The molecule has 3 rings (SSSR count). The van der Waals surface area contributed by atoms with Gasteiger partial charge in [-0.05, 0) is 50.7 Å². The lowest BCUT2D eigenvalue weighted by Gasteiger charge is -2.39. The van der Waals surface area contributed by atoms with Gasteiger partial charge in [0.2, 0.25) is 5.91 Å². The highest BCUT2D eigenvalue weighted by molar-refractivity contribution is 7.99. The zero-order valence-electron chi connectivity index (χ0n) is 12.1. The Labute approximate surface area is 121 Å². The minimum absolute atomic E-state index is 0.485. The van der Waals surface area contributed by atoms with Crippen molar-refractivity contribution in [2.45, 2.75) is 81.5 Å². The van der Waals surface area contributed by atoms with Crippen molar-refractivity contribution in [2.75, 3.05) is 6.26 Å². The van der Waals surface area contributed by atoms with Crippen LogP contribution >= 0.6 is 11.8 Å². The van der Waals surface area contributed by atoms with Gasteiger partial charge in [0.15, 0.2) is 0 Å². The van der Waals surface area contributed by atoms with Crippen LogP contribution in [-0.2, 0) is 4.79 Å². The summed E-state index contributed by atoms with van der Waals surface area (Å²) < 4.78 is 0. The number of hydrogen-bond acceptors (Lipinski definition) is 2. The molecule has 1 amide bonds. The molecule has 0 aromatic carbocycles. The highest BCUT2D eigenvalue weighted by Crippen LogP contribution is 2.40. The van der Waals surface area contributed by atoms with Crippen LogP contribution in [0.5, 0.6) is 0 Å². The molecule has 0 spiro atoms. The van der Waals surface area contributed by atoms with Gasteiger partial charge in [-0.15, -0.1) is 0 Å². The summed E-state index contributed by atoms with van der Waals surface area (Å²) in [5.41, 5.74) is 0. The van der Waals surface area contributed by atoms with Crippen molar-refractivity contribution in [3.05, 3.63) is 0 Å². The van der Waals surface area contributed by atoms with Crippen LogP contribution in [0.25, 0.3) is 0 Å². The SMILES string of the molecule is CSC1CC2CCC(C1)N2C(=O)CC1CCCCC1. The molecular formula is C16H27NOS. The molecule has 0 aromatic rings. The third-order valence-corrected chi connectivity index (χ3v) is 6.55. The number of rotatable bonds is 3. The molecule has 19 heavy (non-hydrogen) atoms. The van der Waals surface area contributed by atoms with E-state index in [4.69, 9.17) is 0 Å². The monoisotopic (exact) mass is 281 g/mol. The molecular weight excluding hydrogens is 254 g/mol. The van der Waals surface area contributed by atoms with Gasteiger partial charge in [0.1, 0.15) is 0 Å². The molecule has 2 aliphatic heterocycles. The van der Waals surface area contributed by atoms with Crippen LogP contribution in [0, 0.1) is 5.92 Å². The number of piperidine rings is 1. The van der Waals surface area contributed by atoms with Crippen LogP contribution in [0.15, 0.2) is 0 Å². The summed E-state index contributed by atoms with van der Waals surface area (Å²) in [6.45, 7) is 0. The molecule has 108 valence electrons. The number of thioether (sulfide) groups is 1. The van der Waals surface area contributed by atoms with Crippen molar-refractivity contribution in [1.82, 2.24) is 4.90 Å². The number of amides is 1. The van der Waals surface area contributed by atoms with E-state index >= 15 is 0 Å². The van der Waals surface area contributed by atoms with Gasteiger partial charge in [-0.1, -0.05) is 19.3 Å². The van der Waals surface area contributed by atoms with Crippen LogP contribution in [-0.4, -0.2) is 34.4 Å². The van der Waals surface area contributed by atoms with E-state index in [0.29, 0.717) is 23.9 Å². The predicted octanol–water partition coefficient (Wildman–Crippen LogP) is 3.84. The van der Waals surface area contributed by atoms with E-state index < -0.39 is 0 Å². The van der Waals surface area contributed by atoms with E-state index in [1.807, 2.05) is 11.8 Å². The summed E-state index contributed by atoms with van der Waals surface area (Å²) in [7, 11) is 0. The van der Waals surface area contributed by atoms with Crippen molar-refractivity contribution in [3.63, 3.8) is 0 Å². The Morgan fingerprint density at radius 2 is 1.68 bits per heavy atom. The van der Waals surface area contributed by atoms with Gasteiger partial charge in [0.25, 0.3) is 0 Å². The third-order valence-electron chi connectivity index (χ3n) is 5.50. The average Bonchev–Trinajstić information content (AvgIpc) is 2.71. The molecule has 1 aliphatic carbocycles. The largest absolute Gasteiger partial charge is 0.337 e. The van der Waals surface area contributed by atoms with Gasteiger partial charge in [-0.25, -0.2) is 0 Å². The number of hydrogen-bond donors (Lipinski definition) is 0. The normalized spacial score (nSPS) is 35.6. The maximum Gasteiger partial charge on any atom is 0.223 e. The molecule has 0 N–H and O–H groups in total. The van der Waals surface area contributed by atoms with Crippen molar-refractivity contribution in [3.8, 4) is 0 Å². The zero-order valence-corrected chi connectivity index (χ0v) is 13.0. The van der Waals surface area contributed by atoms with Crippen molar-refractivity contribution in [2.24, 2.45) is 5.92 Å². The molecule has 0 aromatic heterocycles. The molecule has 2 unspecified atom stereocenters. The number of fused-ring (bicyclic) bond motifs is 2. The summed E-state index contributed by atoms with van der Waals surface area (Å²) >= 11 is 2.00. The summed E-state index contributed by atoms with van der Waals surface area (Å²) in [5.74, 6) is 1.18. The molecule has 3 heteroatoms. The quantitative estimate of drug-likeness (QED) is 0.783. The average molecular weight is 281 g/mol. The first-order valence-corrected chi connectivity index (χ1v) is 9.40. The Balaban J connectivity index is 1.58. The Bertz CT molecular complexity index is 313. The first-order valence-electron chi connectivity index (χ1n) is 8.12. The van der Waals surface area contributed by atoms with Gasteiger partial charge < -0.3 is 4.90 Å². The second-order valence-electron chi connectivity index (χ2n) is 6.72. The van der Waals surface area contributed by atoms with Gasteiger partial charge in [-0.3, -0.25) is 4.79 Å². The molecule has 2 heterocycles. The smallest absolute Gasteiger partial charge is 0.223 e. The maximum atomic E-state index is 12.6. The van der Waals surface area contributed by atoms with E-state index in [1.54, 1.807) is 0 Å². The minimum Gasteiger partial charge on any atom is -0.337 e. The van der Waals surface area contributed by atoms with Crippen LogP contribution in [0.1, 0.15) is 64.2 Å². The molecule has 2 bridgehead atoms. The Hall–Kier alpha value is -0.180. The Morgan fingerprint density at radius 3 is 2.26 bits per heavy atom. The molecule has 2 saturated heterocycles. The van der Waals surface area contributed by atoms with Crippen LogP contribution in [0.4, 0.5) is 0 Å². The Kier molecular flexibility index (Phi) is 4.40. The van der Waals surface area contributed by atoms with Gasteiger partial charge in [-0.2, -0.15) is 11.8 Å². The molecule has 2 atom stereocenters. The van der Waals surface area contributed by atoms with Crippen LogP contribution in [0.3, 0.4) is 0 Å². The van der Waals surface area contributed by atoms with E-state index in [-0.39, 0.29) is 0 Å². The fraction of sp³-hybridized carbons (Fsp3) is 0.938. The van der Waals surface area contributed by atoms with Gasteiger partial charge >= 0.3 is 0 Å². The first-order chi connectivity index (χ1) is 9.28. The Morgan fingerprint density at radius 1 is 1.05 bits per heavy atom.